The lowest BCUT2D eigenvalue weighted by Gasteiger charge is -2.37. The van der Waals surface area contributed by atoms with Gasteiger partial charge in [-0.2, -0.15) is 0 Å². The summed E-state index contributed by atoms with van der Waals surface area (Å²) in [6.45, 7) is 4.53. The number of hydrogen-bond acceptors (Lipinski definition) is 1. The Morgan fingerprint density at radius 2 is 2.00 bits per heavy atom. The molecule has 0 aliphatic carbocycles. The fourth-order valence-corrected chi connectivity index (χ4v) is 1.31. The van der Waals surface area contributed by atoms with Crippen molar-refractivity contribution >= 4 is 0 Å². The van der Waals surface area contributed by atoms with Crippen LogP contribution >= 0.6 is 0 Å². The lowest BCUT2D eigenvalue weighted by molar-refractivity contribution is -0.868. The van der Waals surface area contributed by atoms with E-state index in [4.69, 9.17) is 0 Å². The molecule has 1 atom stereocenters. The molecule has 0 N–H and O–H groups in total. The topological polar surface area (TPSA) is 23.1 Å². The molecule has 0 aliphatic heterocycles. The molecule has 1 aromatic carbocycles. The predicted molar refractivity (Wildman–Crippen MR) is 54.8 cm³/mol. The summed E-state index contributed by atoms with van der Waals surface area (Å²) < 4.78 is -0.284. The zero-order chi connectivity index (χ0) is 9.73. The second-order valence-corrected chi connectivity index (χ2v) is 3.41. The largest absolute Gasteiger partial charge is 0.633 e. The molecule has 1 rings (SSSR count). The summed E-state index contributed by atoms with van der Waals surface area (Å²) in [7, 11) is 1.66. The van der Waals surface area contributed by atoms with E-state index >= 15 is 0 Å². The van der Waals surface area contributed by atoms with Crippen LogP contribution in [0.5, 0.6) is 0 Å². The van der Waals surface area contributed by atoms with Crippen LogP contribution in [0.3, 0.4) is 0 Å². The van der Waals surface area contributed by atoms with E-state index in [0.717, 1.165) is 5.56 Å². The van der Waals surface area contributed by atoms with Gasteiger partial charge in [-0.25, -0.2) is 0 Å². The average molecular weight is 177 g/mol. The molecule has 0 saturated carbocycles. The van der Waals surface area contributed by atoms with Gasteiger partial charge in [0.25, 0.3) is 0 Å². The number of likely N-dealkylation sites (N-methyl/N-ethyl adjacent to an activating group) is 1. The van der Waals surface area contributed by atoms with E-state index < -0.39 is 0 Å². The van der Waals surface area contributed by atoms with Crippen molar-refractivity contribution in [3.05, 3.63) is 53.8 Å². The molecule has 0 radical (unpaired) electrons. The predicted octanol–water partition coefficient (Wildman–Crippen LogP) is 2.32. The first-order valence-electron chi connectivity index (χ1n) is 4.34. The maximum Gasteiger partial charge on any atom is 0.104 e. The van der Waals surface area contributed by atoms with Crippen molar-refractivity contribution in [1.29, 1.82) is 0 Å². The average Bonchev–Trinajstić information content (AvgIpc) is 2.04. The summed E-state index contributed by atoms with van der Waals surface area (Å²) in [5, 5.41) is 11.7. The molecule has 13 heavy (non-hydrogen) atoms. The number of quaternary nitrogens is 1. The van der Waals surface area contributed by atoms with E-state index in [2.05, 4.69) is 6.58 Å². The van der Waals surface area contributed by atoms with Crippen molar-refractivity contribution in [2.75, 3.05) is 13.6 Å². The van der Waals surface area contributed by atoms with Crippen LogP contribution in [0.15, 0.2) is 43.0 Å². The molecular formula is C11H15NO. The van der Waals surface area contributed by atoms with Gasteiger partial charge in [-0.15, -0.1) is 0 Å². The highest BCUT2D eigenvalue weighted by atomic mass is 16.5. The van der Waals surface area contributed by atoms with Crippen molar-refractivity contribution in [3.8, 4) is 0 Å². The molecule has 2 nitrogen and oxygen atoms in total. The van der Waals surface area contributed by atoms with Crippen LogP contribution in [0.25, 0.3) is 0 Å². The van der Waals surface area contributed by atoms with Crippen LogP contribution in [0, 0.1) is 5.21 Å². The summed E-state index contributed by atoms with van der Waals surface area (Å²) in [5.74, 6) is 0. The van der Waals surface area contributed by atoms with Gasteiger partial charge in [0, 0.05) is 5.56 Å². The summed E-state index contributed by atoms with van der Waals surface area (Å²) in [5.41, 5.74) is 1.07. The van der Waals surface area contributed by atoms with Crippen LogP contribution in [0.4, 0.5) is 0 Å². The highest BCUT2D eigenvalue weighted by Crippen LogP contribution is 2.09. The van der Waals surface area contributed by atoms with Crippen molar-refractivity contribution in [3.63, 3.8) is 0 Å². The van der Waals surface area contributed by atoms with Crippen LogP contribution in [0.1, 0.15) is 5.56 Å². The molecule has 0 aromatic heterocycles. The van der Waals surface area contributed by atoms with Crippen LogP contribution < -0.4 is 0 Å². The van der Waals surface area contributed by atoms with Gasteiger partial charge in [0.15, 0.2) is 0 Å². The van der Waals surface area contributed by atoms with Crippen molar-refractivity contribution in [2.24, 2.45) is 0 Å². The third kappa shape index (κ3) is 3.40. The Hall–Kier alpha value is -1.12. The van der Waals surface area contributed by atoms with Gasteiger partial charge < -0.3 is 9.85 Å². The minimum Gasteiger partial charge on any atom is -0.633 e. The van der Waals surface area contributed by atoms with Gasteiger partial charge in [0.2, 0.25) is 0 Å². The molecule has 0 bridgehead atoms. The van der Waals surface area contributed by atoms with E-state index in [1.54, 1.807) is 13.1 Å². The Kier molecular flexibility index (Phi) is 3.23. The molecule has 0 aliphatic rings. The Morgan fingerprint density at radius 1 is 1.38 bits per heavy atom. The third-order valence-electron chi connectivity index (χ3n) is 1.88. The smallest absolute Gasteiger partial charge is 0.104 e. The molecule has 0 fully saturated rings. The van der Waals surface area contributed by atoms with Gasteiger partial charge in [0.05, 0.1) is 13.6 Å². The molecule has 0 saturated heterocycles. The molecule has 1 unspecified atom stereocenters. The fourth-order valence-electron chi connectivity index (χ4n) is 1.31. The van der Waals surface area contributed by atoms with Gasteiger partial charge in [-0.1, -0.05) is 36.9 Å². The monoisotopic (exact) mass is 177 g/mol. The molecule has 0 spiro atoms. The number of hydrogen-bond donors (Lipinski definition) is 0. The quantitative estimate of drug-likeness (QED) is 0.393. The second-order valence-electron chi connectivity index (χ2n) is 3.41. The standard InChI is InChI=1S/C11H15NO/c1-3-9-12(2,13)10-11-7-5-4-6-8-11/h3-8H,1,9-10H2,2H3. The highest BCUT2D eigenvalue weighted by molar-refractivity contribution is 5.13. The zero-order valence-corrected chi connectivity index (χ0v) is 7.94. The summed E-state index contributed by atoms with van der Waals surface area (Å²) >= 11 is 0. The van der Waals surface area contributed by atoms with Crippen LogP contribution in [0.2, 0.25) is 0 Å². The number of rotatable bonds is 4. The first-order chi connectivity index (χ1) is 6.14. The first-order valence-corrected chi connectivity index (χ1v) is 4.34. The molecule has 0 heterocycles. The lowest BCUT2D eigenvalue weighted by Crippen LogP contribution is -2.36. The van der Waals surface area contributed by atoms with Crippen molar-refractivity contribution < 1.29 is 4.65 Å². The van der Waals surface area contributed by atoms with E-state index in [9.17, 15) is 5.21 Å². The van der Waals surface area contributed by atoms with Gasteiger partial charge in [-0.05, 0) is 6.08 Å². The highest BCUT2D eigenvalue weighted by Gasteiger charge is 2.07. The number of benzene rings is 1. The Labute approximate surface area is 79.3 Å². The van der Waals surface area contributed by atoms with Crippen LogP contribution in [-0.2, 0) is 6.54 Å². The fraction of sp³-hybridized carbons (Fsp3) is 0.273. The lowest BCUT2D eigenvalue weighted by atomic mass is 10.2. The minimum absolute atomic E-state index is 0.284. The van der Waals surface area contributed by atoms with Crippen molar-refractivity contribution in [2.45, 2.75) is 6.54 Å². The van der Waals surface area contributed by atoms with E-state index in [-0.39, 0.29) is 4.65 Å². The van der Waals surface area contributed by atoms with Crippen LogP contribution in [-0.4, -0.2) is 18.2 Å². The second kappa shape index (κ2) is 4.21. The molecular weight excluding hydrogens is 162 g/mol. The summed E-state index contributed by atoms with van der Waals surface area (Å²) in [6.07, 6.45) is 1.66. The zero-order valence-electron chi connectivity index (χ0n) is 7.94. The molecule has 2 heteroatoms. The maximum absolute atomic E-state index is 11.7. The first kappa shape index (κ1) is 9.96. The maximum atomic E-state index is 11.7. The van der Waals surface area contributed by atoms with E-state index in [0.29, 0.717) is 13.1 Å². The molecule has 1 aromatic rings. The van der Waals surface area contributed by atoms with Crippen molar-refractivity contribution in [1.82, 2.24) is 0 Å². The normalized spacial score (nSPS) is 14.9. The SMILES string of the molecule is C=CC[N+](C)([O-])Cc1ccccc1. The van der Waals surface area contributed by atoms with E-state index in [1.165, 1.54) is 0 Å². The minimum atomic E-state index is -0.284. The number of hydroxylamine groups is 3. The van der Waals surface area contributed by atoms with Gasteiger partial charge in [-0.3, -0.25) is 0 Å². The van der Waals surface area contributed by atoms with Gasteiger partial charge >= 0.3 is 0 Å². The van der Waals surface area contributed by atoms with E-state index in [1.807, 2.05) is 30.3 Å². The van der Waals surface area contributed by atoms with Gasteiger partial charge in [0.1, 0.15) is 6.54 Å². The summed E-state index contributed by atoms with van der Waals surface area (Å²) in [6, 6.07) is 9.79. The Balaban J connectivity index is 2.63. The Bertz CT molecular complexity index is 267. The summed E-state index contributed by atoms with van der Waals surface area (Å²) in [4.78, 5) is 0. The third-order valence-corrected chi connectivity index (χ3v) is 1.88. The Morgan fingerprint density at radius 3 is 2.54 bits per heavy atom. The molecule has 0 amide bonds. The molecule has 70 valence electrons. The number of nitrogens with zero attached hydrogens (tertiary/aromatic N) is 1.